The van der Waals surface area contributed by atoms with Crippen LogP contribution in [0.4, 0.5) is 0 Å². The molecule has 1 aliphatic carbocycles. The van der Waals surface area contributed by atoms with Gasteiger partial charge in [-0.3, -0.25) is 6.08 Å². The zero-order valence-electron chi connectivity index (χ0n) is 10.3. The van der Waals surface area contributed by atoms with E-state index in [-0.39, 0.29) is 26.2 Å². The molecule has 0 saturated heterocycles. The molecule has 0 aliphatic heterocycles. The van der Waals surface area contributed by atoms with Crippen molar-refractivity contribution in [3.63, 3.8) is 0 Å². The Kier molecular flexibility index (Phi) is 5.71. The van der Waals surface area contributed by atoms with Gasteiger partial charge in [0.1, 0.15) is 0 Å². The third-order valence-electron chi connectivity index (χ3n) is 2.73. The minimum atomic E-state index is 0. The van der Waals surface area contributed by atoms with E-state index in [2.05, 4.69) is 56.3 Å². The molecule has 0 bridgehead atoms. The maximum absolute atomic E-state index is 2.99. The number of fused-ring (bicyclic) bond motifs is 1. The van der Waals surface area contributed by atoms with Gasteiger partial charge in [-0.15, -0.1) is 41.0 Å². The molecule has 0 amide bonds. The topological polar surface area (TPSA) is 0 Å². The molecule has 1 aliphatic rings. The van der Waals surface area contributed by atoms with Gasteiger partial charge < -0.3 is 0 Å². The summed E-state index contributed by atoms with van der Waals surface area (Å²) in [4.78, 5) is 0. The van der Waals surface area contributed by atoms with Crippen LogP contribution in [0.3, 0.4) is 0 Å². The average Bonchev–Trinajstić information content (AvgIpc) is 2.92. The van der Waals surface area contributed by atoms with Crippen molar-refractivity contribution in [2.75, 3.05) is 0 Å². The van der Waals surface area contributed by atoms with Gasteiger partial charge in [-0.2, -0.15) is 18.2 Å². The molecule has 17 heavy (non-hydrogen) atoms. The van der Waals surface area contributed by atoms with Gasteiger partial charge >= 0.3 is 26.2 Å². The van der Waals surface area contributed by atoms with Gasteiger partial charge in [-0.05, 0) is 6.92 Å². The minimum Gasteiger partial charge on any atom is -0.273 e. The molecule has 0 N–H and O–H groups in total. The minimum absolute atomic E-state index is 0. The largest absolute Gasteiger partial charge is 2.00 e. The summed E-state index contributed by atoms with van der Waals surface area (Å²) in [6.45, 7) is 4.28. The maximum atomic E-state index is 2.99. The van der Waals surface area contributed by atoms with E-state index in [1.807, 2.05) is 12.2 Å². The Hall–Kier alpha value is -0.807. The molecule has 2 aromatic carbocycles. The Bertz CT molecular complexity index is 519. The third kappa shape index (κ3) is 3.85. The Morgan fingerprint density at radius 2 is 2.06 bits per heavy atom. The van der Waals surface area contributed by atoms with Crippen molar-refractivity contribution in [2.45, 2.75) is 20.3 Å². The van der Waals surface area contributed by atoms with E-state index in [0.717, 1.165) is 6.42 Å². The summed E-state index contributed by atoms with van der Waals surface area (Å²) < 4.78 is 0. The molecule has 0 fully saturated rings. The summed E-state index contributed by atoms with van der Waals surface area (Å²) in [6, 6.07) is 10.9. The average molecular weight is 300 g/mol. The summed E-state index contributed by atoms with van der Waals surface area (Å²) in [7, 11) is 0. The quantitative estimate of drug-likeness (QED) is 0.629. The molecule has 0 radical (unpaired) electrons. The normalized spacial score (nSPS) is 12.1. The van der Waals surface area contributed by atoms with Crippen LogP contribution in [0, 0.1) is 19.9 Å². The first kappa shape index (κ1) is 14.3. The van der Waals surface area contributed by atoms with Crippen LogP contribution < -0.4 is 0 Å². The Morgan fingerprint density at radius 1 is 1.24 bits per heavy atom. The Morgan fingerprint density at radius 3 is 2.65 bits per heavy atom. The van der Waals surface area contributed by atoms with Gasteiger partial charge in [0.15, 0.2) is 0 Å². The van der Waals surface area contributed by atoms with Crippen molar-refractivity contribution in [2.24, 2.45) is 0 Å². The van der Waals surface area contributed by atoms with E-state index in [4.69, 9.17) is 0 Å². The molecule has 0 unspecified atom stereocenters. The molecule has 2 aromatic rings. The molecule has 0 saturated carbocycles. The second kappa shape index (κ2) is 6.81. The third-order valence-corrected chi connectivity index (χ3v) is 2.73. The van der Waals surface area contributed by atoms with E-state index in [9.17, 15) is 0 Å². The molecule has 0 atom stereocenters. The van der Waals surface area contributed by atoms with Crippen molar-refractivity contribution < 1.29 is 26.2 Å². The number of rotatable bonds is 0. The molecule has 84 valence electrons. The number of aryl methyl sites for hydroxylation is 2. The fourth-order valence-electron chi connectivity index (χ4n) is 1.82. The smallest absolute Gasteiger partial charge is 0.273 e. The van der Waals surface area contributed by atoms with Crippen LogP contribution >= 0.6 is 0 Å². The van der Waals surface area contributed by atoms with Crippen LogP contribution in [0.5, 0.6) is 0 Å². The zero-order valence-corrected chi connectivity index (χ0v) is 12.8. The van der Waals surface area contributed by atoms with E-state index in [1.54, 1.807) is 0 Å². The summed E-state index contributed by atoms with van der Waals surface area (Å²) in [5, 5.41) is 2.75. The fraction of sp³-hybridized carbons (Fsp3) is 0.188. The Balaban J connectivity index is 0.000000205. The zero-order chi connectivity index (χ0) is 11.4. The molecular weight excluding hydrogens is 283 g/mol. The predicted octanol–water partition coefficient (Wildman–Crippen LogP) is 4.48. The van der Waals surface area contributed by atoms with E-state index in [1.165, 1.54) is 21.9 Å². The van der Waals surface area contributed by atoms with Gasteiger partial charge in [-0.25, -0.2) is 12.2 Å². The van der Waals surface area contributed by atoms with Gasteiger partial charge in [-0.1, -0.05) is 12.5 Å². The standard InChI is InChI=1S/C11H11.C5H5.Zr/c1-8-3-6-11-9(2)4-5-10(11)7-8;1-2-4-5-3-1;/h3-7H,1-2H3;1-3H,4H2;/q2*-1;+2. The summed E-state index contributed by atoms with van der Waals surface area (Å²) in [6.07, 6.45) is 10.0. The van der Waals surface area contributed by atoms with Crippen LogP contribution in [0.1, 0.15) is 17.5 Å². The molecule has 3 rings (SSSR count). The number of allylic oxidation sites excluding steroid dienone is 4. The monoisotopic (exact) mass is 298 g/mol. The van der Waals surface area contributed by atoms with Gasteiger partial charge in [0.05, 0.1) is 0 Å². The summed E-state index contributed by atoms with van der Waals surface area (Å²) >= 11 is 0. The van der Waals surface area contributed by atoms with Crippen LogP contribution in [-0.4, -0.2) is 0 Å². The first-order valence-corrected chi connectivity index (χ1v) is 5.62. The van der Waals surface area contributed by atoms with Gasteiger partial charge in [0.25, 0.3) is 0 Å². The molecular formula is C16H16Zr. The second-order valence-electron chi connectivity index (χ2n) is 4.11. The maximum Gasteiger partial charge on any atom is 2.00 e. The molecule has 1 heteroatoms. The van der Waals surface area contributed by atoms with E-state index < -0.39 is 0 Å². The van der Waals surface area contributed by atoms with Crippen molar-refractivity contribution in [3.8, 4) is 0 Å². The van der Waals surface area contributed by atoms with Crippen LogP contribution in [-0.2, 0) is 26.2 Å². The first-order valence-electron chi connectivity index (χ1n) is 5.62. The summed E-state index contributed by atoms with van der Waals surface area (Å²) in [5.74, 6) is 0. The van der Waals surface area contributed by atoms with Crippen LogP contribution in [0.15, 0.2) is 48.6 Å². The van der Waals surface area contributed by atoms with Crippen molar-refractivity contribution in [1.29, 1.82) is 0 Å². The molecule has 0 aromatic heterocycles. The first-order chi connectivity index (χ1) is 7.77. The molecule has 0 heterocycles. The van der Waals surface area contributed by atoms with E-state index >= 15 is 0 Å². The van der Waals surface area contributed by atoms with Gasteiger partial charge in [0.2, 0.25) is 0 Å². The Labute approximate surface area is 123 Å². The number of hydrogen-bond acceptors (Lipinski definition) is 0. The van der Waals surface area contributed by atoms with Gasteiger partial charge in [0, 0.05) is 0 Å². The second-order valence-corrected chi connectivity index (χ2v) is 4.11. The van der Waals surface area contributed by atoms with Crippen molar-refractivity contribution in [3.05, 3.63) is 65.8 Å². The van der Waals surface area contributed by atoms with Crippen molar-refractivity contribution >= 4 is 10.8 Å². The molecule has 0 spiro atoms. The van der Waals surface area contributed by atoms with Crippen molar-refractivity contribution in [1.82, 2.24) is 0 Å². The molecule has 0 nitrogen and oxygen atoms in total. The number of benzene rings is 1. The SMILES string of the molecule is Cc1ccc2c(cc[c-]2C)c1.[C-]1=CC=CC1.[Zr+2]. The predicted molar refractivity (Wildman–Crippen MR) is 70.6 cm³/mol. The van der Waals surface area contributed by atoms with Crippen LogP contribution in [0.2, 0.25) is 0 Å². The van der Waals surface area contributed by atoms with Crippen LogP contribution in [0.25, 0.3) is 10.8 Å². The van der Waals surface area contributed by atoms with E-state index in [0.29, 0.717) is 0 Å². The summed E-state index contributed by atoms with van der Waals surface area (Å²) in [5.41, 5.74) is 2.71. The fourth-order valence-corrected chi connectivity index (χ4v) is 1.82. The number of hydrogen-bond donors (Lipinski definition) is 0.